The van der Waals surface area contributed by atoms with Gasteiger partial charge in [-0.15, -0.1) is 0 Å². The van der Waals surface area contributed by atoms with E-state index in [4.69, 9.17) is 0 Å². The second-order valence-corrected chi connectivity index (χ2v) is 5.69. The summed E-state index contributed by atoms with van der Waals surface area (Å²) in [4.78, 5) is 5.01. The van der Waals surface area contributed by atoms with Crippen LogP contribution >= 0.6 is 0 Å². The summed E-state index contributed by atoms with van der Waals surface area (Å²) < 4.78 is 0. The van der Waals surface area contributed by atoms with Gasteiger partial charge in [0, 0.05) is 32.2 Å². The van der Waals surface area contributed by atoms with Crippen LogP contribution in [0.5, 0.6) is 0 Å². The molecule has 2 rings (SSSR count). The lowest BCUT2D eigenvalue weighted by Gasteiger charge is -2.35. The molecule has 18 heavy (non-hydrogen) atoms. The second-order valence-electron chi connectivity index (χ2n) is 5.69. The molecule has 2 saturated heterocycles. The zero-order valence-corrected chi connectivity index (χ0v) is 11.9. The van der Waals surface area contributed by atoms with Gasteiger partial charge in [0.15, 0.2) is 0 Å². The first kappa shape index (κ1) is 13.9. The van der Waals surface area contributed by atoms with E-state index in [-0.39, 0.29) is 0 Å². The first-order valence-corrected chi connectivity index (χ1v) is 7.44. The van der Waals surface area contributed by atoms with Crippen molar-refractivity contribution >= 4 is 0 Å². The summed E-state index contributed by atoms with van der Waals surface area (Å²) in [6.45, 7) is 11.3. The molecule has 2 fully saturated rings. The number of hydrogen-bond donors (Lipinski definition) is 1. The molecule has 0 aromatic heterocycles. The Labute approximate surface area is 112 Å². The lowest BCUT2D eigenvalue weighted by molar-refractivity contribution is 0.146. The Kier molecular flexibility index (Phi) is 5.49. The Balaban J connectivity index is 1.82. The minimum atomic E-state index is 0.502. The van der Waals surface area contributed by atoms with Crippen LogP contribution in [0.2, 0.25) is 0 Å². The summed E-state index contributed by atoms with van der Waals surface area (Å²) in [5.41, 5.74) is 0. The number of nitrogens with one attached hydrogen (secondary N) is 1. The molecule has 0 aromatic rings. The minimum absolute atomic E-state index is 0.502. The molecule has 0 saturated carbocycles. The topological polar surface area (TPSA) is 18.5 Å². The predicted octanol–water partition coefficient (Wildman–Crippen LogP) is 1.16. The van der Waals surface area contributed by atoms with Crippen LogP contribution in [0, 0.1) is 11.8 Å². The number of piperazine rings is 1. The lowest BCUT2D eigenvalue weighted by Crippen LogP contribution is -2.44. The van der Waals surface area contributed by atoms with Gasteiger partial charge in [0.25, 0.3) is 0 Å². The summed E-state index contributed by atoms with van der Waals surface area (Å²) in [5, 5.41) is 3.38. The van der Waals surface area contributed by atoms with Crippen LogP contribution < -0.4 is 5.32 Å². The van der Waals surface area contributed by atoms with E-state index in [9.17, 15) is 0 Å². The van der Waals surface area contributed by atoms with Crippen molar-refractivity contribution in [1.82, 2.24) is 15.1 Å². The summed E-state index contributed by atoms with van der Waals surface area (Å²) in [6.07, 6.45) is 3.94. The largest absolute Gasteiger partial charge is 0.314 e. The van der Waals surface area contributed by atoms with E-state index in [2.05, 4.69) is 40.8 Å². The van der Waals surface area contributed by atoms with Gasteiger partial charge in [-0.1, -0.05) is 11.8 Å². The zero-order chi connectivity index (χ0) is 12.8. The van der Waals surface area contributed by atoms with Crippen molar-refractivity contribution in [3.8, 4) is 11.8 Å². The van der Waals surface area contributed by atoms with Crippen molar-refractivity contribution in [2.75, 3.05) is 39.3 Å². The van der Waals surface area contributed by atoms with Crippen LogP contribution in [0.3, 0.4) is 0 Å². The quantitative estimate of drug-likeness (QED) is 0.741. The molecule has 102 valence electrons. The average molecular weight is 249 g/mol. The maximum absolute atomic E-state index is 3.51. The van der Waals surface area contributed by atoms with Crippen molar-refractivity contribution in [3.05, 3.63) is 0 Å². The molecule has 2 heterocycles. The van der Waals surface area contributed by atoms with Crippen molar-refractivity contribution < 1.29 is 0 Å². The van der Waals surface area contributed by atoms with Gasteiger partial charge in [0.2, 0.25) is 0 Å². The third kappa shape index (κ3) is 3.98. The molecule has 0 aromatic carbocycles. The lowest BCUT2D eigenvalue weighted by atomic mass is 10.0. The number of hydrogen-bond acceptors (Lipinski definition) is 3. The molecular weight excluding hydrogens is 222 g/mol. The Morgan fingerprint density at radius 1 is 1.17 bits per heavy atom. The molecule has 1 N–H and O–H groups in total. The molecule has 2 aliphatic heterocycles. The molecule has 0 aliphatic carbocycles. The summed E-state index contributed by atoms with van der Waals surface area (Å²) in [7, 11) is 0. The fraction of sp³-hybridized carbons (Fsp3) is 0.867. The van der Waals surface area contributed by atoms with Crippen molar-refractivity contribution in [2.45, 2.75) is 45.2 Å². The third-order valence-electron chi connectivity index (χ3n) is 3.99. The molecule has 0 radical (unpaired) electrons. The maximum atomic E-state index is 3.51. The molecule has 3 nitrogen and oxygen atoms in total. The molecule has 1 atom stereocenters. The van der Waals surface area contributed by atoms with E-state index < -0.39 is 0 Å². The Morgan fingerprint density at radius 2 is 1.94 bits per heavy atom. The highest BCUT2D eigenvalue weighted by molar-refractivity contribution is 5.11. The number of likely N-dealkylation sites (tertiary alicyclic amines) is 1. The minimum Gasteiger partial charge on any atom is -0.314 e. The summed E-state index contributed by atoms with van der Waals surface area (Å²) >= 11 is 0. The Bertz CT molecular complexity index is 297. The highest BCUT2D eigenvalue weighted by Gasteiger charge is 2.22. The van der Waals surface area contributed by atoms with Gasteiger partial charge in [0.1, 0.15) is 0 Å². The van der Waals surface area contributed by atoms with E-state index in [1.165, 1.54) is 25.8 Å². The van der Waals surface area contributed by atoms with Gasteiger partial charge in [-0.05, 0) is 39.7 Å². The van der Waals surface area contributed by atoms with E-state index in [0.29, 0.717) is 12.1 Å². The number of rotatable bonds is 2. The Hall–Kier alpha value is -0.560. The molecule has 0 bridgehead atoms. The third-order valence-corrected chi connectivity index (χ3v) is 3.99. The van der Waals surface area contributed by atoms with Crippen LogP contribution in [0.4, 0.5) is 0 Å². The highest BCUT2D eigenvalue weighted by atomic mass is 15.2. The van der Waals surface area contributed by atoms with Gasteiger partial charge < -0.3 is 5.32 Å². The monoisotopic (exact) mass is 249 g/mol. The van der Waals surface area contributed by atoms with Crippen LogP contribution in [-0.4, -0.2) is 61.2 Å². The molecule has 2 aliphatic rings. The van der Waals surface area contributed by atoms with Crippen LogP contribution in [0.15, 0.2) is 0 Å². The van der Waals surface area contributed by atoms with Crippen LogP contribution in [0.25, 0.3) is 0 Å². The van der Waals surface area contributed by atoms with Gasteiger partial charge in [-0.2, -0.15) is 0 Å². The van der Waals surface area contributed by atoms with E-state index in [1.807, 2.05) is 0 Å². The fourth-order valence-corrected chi connectivity index (χ4v) is 2.87. The second kappa shape index (κ2) is 7.13. The predicted molar refractivity (Wildman–Crippen MR) is 76.6 cm³/mol. The highest BCUT2D eigenvalue weighted by Crippen LogP contribution is 2.18. The van der Waals surface area contributed by atoms with Gasteiger partial charge in [0.05, 0.1) is 12.6 Å². The van der Waals surface area contributed by atoms with Crippen molar-refractivity contribution in [2.24, 2.45) is 0 Å². The summed E-state index contributed by atoms with van der Waals surface area (Å²) in [5.74, 6) is 6.93. The Morgan fingerprint density at radius 3 is 2.67 bits per heavy atom. The van der Waals surface area contributed by atoms with Crippen LogP contribution in [0.1, 0.15) is 33.1 Å². The van der Waals surface area contributed by atoms with Crippen LogP contribution in [-0.2, 0) is 0 Å². The summed E-state index contributed by atoms with van der Waals surface area (Å²) in [6, 6.07) is 1.13. The maximum Gasteiger partial charge on any atom is 0.0717 e. The molecular formula is C15H27N3. The smallest absolute Gasteiger partial charge is 0.0717 e. The first-order chi connectivity index (χ1) is 8.77. The van der Waals surface area contributed by atoms with E-state index in [1.54, 1.807) is 0 Å². The van der Waals surface area contributed by atoms with Crippen molar-refractivity contribution in [3.63, 3.8) is 0 Å². The average Bonchev–Trinajstić information content (AvgIpc) is 2.40. The zero-order valence-electron chi connectivity index (χ0n) is 11.9. The van der Waals surface area contributed by atoms with Gasteiger partial charge in [-0.3, -0.25) is 9.80 Å². The number of nitrogens with zero attached hydrogens (tertiary/aromatic N) is 2. The first-order valence-electron chi connectivity index (χ1n) is 7.44. The van der Waals surface area contributed by atoms with Crippen molar-refractivity contribution in [1.29, 1.82) is 0 Å². The van der Waals surface area contributed by atoms with E-state index in [0.717, 1.165) is 32.7 Å². The molecule has 1 unspecified atom stereocenters. The standard InChI is InChI=1S/C15H27N3/c1-14(2)18-11-4-3-6-15(18)7-5-10-17-12-8-16-9-13-17/h14-16H,3-4,6,8-13H2,1-2H3. The SMILES string of the molecule is CC(C)N1CCCCC1C#CCN1CCNCC1. The van der Waals surface area contributed by atoms with Gasteiger partial charge >= 0.3 is 0 Å². The normalized spacial score (nSPS) is 26.9. The molecule has 0 spiro atoms. The molecule has 3 heteroatoms. The van der Waals surface area contributed by atoms with E-state index >= 15 is 0 Å². The van der Waals surface area contributed by atoms with Gasteiger partial charge in [-0.25, -0.2) is 0 Å². The number of piperidine rings is 1. The molecule has 0 amide bonds. The fourth-order valence-electron chi connectivity index (χ4n) is 2.87.